The van der Waals surface area contributed by atoms with Gasteiger partial charge < -0.3 is 15.4 Å². The van der Waals surface area contributed by atoms with Gasteiger partial charge in [0.05, 0.1) is 11.8 Å². The van der Waals surface area contributed by atoms with Gasteiger partial charge in [-0.25, -0.2) is 4.79 Å². The summed E-state index contributed by atoms with van der Waals surface area (Å²) in [5, 5.41) is 5.66. The van der Waals surface area contributed by atoms with Crippen LogP contribution in [0.25, 0.3) is 0 Å². The fraction of sp³-hybridized carbons (Fsp3) is 0.591. The van der Waals surface area contributed by atoms with Crippen LogP contribution in [-0.2, 0) is 9.59 Å². The monoisotopic (exact) mass is 399 g/mol. The molecule has 29 heavy (non-hydrogen) atoms. The van der Waals surface area contributed by atoms with E-state index in [1.54, 1.807) is 6.07 Å². The Labute approximate surface area is 171 Å². The minimum absolute atomic E-state index is 0.174. The molecule has 1 saturated heterocycles. The molecular weight excluding hydrogens is 370 g/mol. The first-order valence-electron chi connectivity index (χ1n) is 10.7. The van der Waals surface area contributed by atoms with Crippen molar-refractivity contribution < 1.29 is 19.1 Å². The van der Waals surface area contributed by atoms with Gasteiger partial charge in [0, 0.05) is 0 Å². The lowest BCUT2D eigenvalue weighted by Crippen LogP contribution is -2.49. The highest BCUT2D eigenvalue weighted by molar-refractivity contribution is 6.10. The zero-order valence-electron chi connectivity index (χ0n) is 16.9. The molecule has 0 aromatic heterocycles. The average Bonchev–Trinajstić information content (AvgIpc) is 3.29. The maximum Gasteiger partial charge on any atom is 0.325 e. The molecule has 1 aliphatic heterocycles. The molecule has 156 valence electrons. The molecule has 2 aliphatic carbocycles. The highest BCUT2D eigenvalue weighted by atomic mass is 16.5. The SMILES string of the molecule is CC1CCC2(CC1)NC(=O)N(CC(=O)Nc1ccccc1OC1CCCC1)C2=O. The first-order valence-corrected chi connectivity index (χ1v) is 10.7. The van der Waals surface area contributed by atoms with Crippen molar-refractivity contribution in [3.63, 3.8) is 0 Å². The van der Waals surface area contributed by atoms with Crippen molar-refractivity contribution in [1.82, 2.24) is 10.2 Å². The van der Waals surface area contributed by atoms with Crippen molar-refractivity contribution in [3.8, 4) is 5.75 Å². The van der Waals surface area contributed by atoms with Crippen LogP contribution in [0.2, 0.25) is 0 Å². The molecule has 1 aromatic carbocycles. The summed E-state index contributed by atoms with van der Waals surface area (Å²) >= 11 is 0. The van der Waals surface area contributed by atoms with E-state index < -0.39 is 17.5 Å². The summed E-state index contributed by atoms with van der Waals surface area (Å²) in [4.78, 5) is 39.0. The lowest BCUT2D eigenvalue weighted by atomic mass is 9.77. The van der Waals surface area contributed by atoms with E-state index in [1.807, 2.05) is 18.2 Å². The van der Waals surface area contributed by atoms with Crippen LogP contribution in [0.15, 0.2) is 24.3 Å². The van der Waals surface area contributed by atoms with Gasteiger partial charge in [0.15, 0.2) is 0 Å². The third kappa shape index (κ3) is 4.09. The van der Waals surface area contributed by atoms with Gasteiger partial charge in [-0.15, -0.1) is 0 Å². The number of carbonyl (C=O) groups excluding carboxylic acids is 3. The summed E-state index contributed by atoms with van der Waals surface area (Å²) < 4.78 is 6.05. The van der Waals surface area contributed by atoms with Crippen LogP contribution in [0, 0.1) is 5.92 Å². The average molecular weight is 399 g/mol. The molecule has 2 N–H and O–H groups in total. The Bertz CT molecular complexity index is 795. The number of anilines is 1. The van der Waals surface area contributed by atoms with Gasteiger partial charge in [-0.3, -0.25) is 14.5 Å². The van der Waals surface area contributed by atoms with Gasteiger partial charge in [0.25, 0.3) is 5.91 Å². The number of ether oxygens (including phenoxy) is 1. The van der Waals surface area contributed by atoms with Gasteiger partial charge in [0.2, 0.25) is 5.91 Å². The molecule has 1 heterocycles. The third-order valence-corrected chi connectivity index (χ3v) is 6.43. The van der Waals surface area contributed by atoms with Gasteiger partial charge in [0.1, 0.15) is 17.8 Å². The number of nitrogens with one attached hydrogen (secondary N) is 2. The zero-order chi connectivity index (χ0) is 20.4. The van der Waals surface area contributed by atoms with Gasteiger partial charge >= 0.3 is 6.03 Å². The number of benzene rings is 1. The fourth-order valence-corrected chi connectivity index (χ4v) is 4.61. The molecule has 2 saturated carbocycles. The molecule has 1 aromatic rings. The number of imide groups is 1. The second-order valence-corrected chi connectivity index (χ2v) is 8.65. The van der Waals surface area contributed by atoms with E-state index in [2.05, 4.69) is 17.6 Å². The molecule has 0 bridgehead atoms. The molecule has 3 aliphatic rings. The molecule has 4 amide bonds. The predicted octanol–water partition coefficient (Wildman–Crippen LogP) is 3.45. The summed E-state index contributed by atoms with van der Waals surface area (Å²) in [5.41, 5.74) is -0.259. The highest BCUT2D eigenvalue weighted by Crippen LogP contribution is 2.36. The van der Waals surface area contributed by atoms with Crippen LogP contribution in [0.3, 0.4) is 0 Å². The summed E-state index contributed by atoms with van der Waals surface area (Å²) in [7, 11) is 0. The standard InChI is InChI=1S/C22H29N3O4/c1-15-10-12-22(13-11-15)20(27)25(21(28)24-22)14-19(26)23-17-8-4-5-9-18(17)29-16-6-2-3-7-16/h4-5,8-9,15-16H,2-3,6-7,10-14H2,1H3,(H,23,26)(H,24,28). The Morgan fingerprint density at radius 1 is 1.17 bits per heavy atom. The predicted molar refractivity (Wildman–Crippen MR) is 109 cm³/mol. The van der Waals surface area contributed by atoms with E-state index in [9.17, 15) is 14.4 Å². The van der Waals surface area contributed by atoms with Crippen molar-refractivity contribution >= 4 is 23.5 Å². The Morgan fingerprint density at radius 2 is 1.86 bits per heavy atom. The topological polar surface area (TPSA) is 87.7 Å². The molecule has 7 heteroatoms. The number of hydrogen-bond donors (Lipinski definition) is 2. The smallest absolute Gasteiger partial charge is 0.325 e. The van der Waals surface area contributed by atoms with E-state index in [1.165, 1.54) is 0 Å². The fourth-order valence-electron chi connectivity index (χ4n) is 4.61. The molecule has 1 spiro atoms. The number of urea groups is 1. The van der Waals surface area contributed by atoms with Gasteiger partial charge in [-0.05, 0) is 69.4 Å². The van der Waals surface area contributed by atoms with Crippen LogP contribution in [0.1, 0.15) is 58.3 Å². The molecule has 3 fully saturated rings. The zero-order valence-corrected chi connectivity index (χ0v) is 16.9. The second kappa shape index (κ2) is 8.05. The van der Waals surface area contributed by atoms with E-state index in [4.69, 9.17) is 4.74 Å². The number of carbonyl (C=O) groups is 3. The van der Waals surface area contributed by atoms with Crippen LogP contribution < -0.4 is 15.4 Å². The largest absolute Gasteiger partial charge is 0.488 e. The van der Waals surface area contributed by atoms with E-state index in [0.717, 1.165) is 43.4 Å². The Kier molecular flexibility index (Phi) is 5.48. The lowest BCUT2D eigenvalue weighted by molar-refractivity contribution is -0.135. The van der Waals surface area contributed by atoms with Crippen molar-refractivity contribution in [2.75, 3.05) is 11.9 Å². The Balaban J connectivity index is 1.40. The molecule has 0 radical (unpaired) electrons. The van der Waals surface area contributed by atoms with Gasteiger partial charge in [-0.2, -0.15) is 0 Å². The molecular formula is C22H29N3O4. The maximum absolute atomic E-state index is 12.9. The summed E-state index contributed by atoms with van der Waals surface area (Å²) in [6, 6.07) is 6.82. The maximum atomic E-state index is 12.9. The van der Waals surface area contributed by atoms with Crippen molar-refractivity contribution in [3.05, 3.63) is 24.3 Å². The van der Waals surface area contributed by atoms with Crippen LogP contribution in [0.4, 0.5) is 10.5 Å². The number of para-hydroxylation sites is 2. The Morgan fingerprint density at radius 3 is 2.59 bits per heavy atom. The van der Waals surface area contributed by atoms with Crippen LogP contribution >= 0.6 is 0 Å². The number of hydrogen-bond acceptors (Lipinski definition) is 4. The van der Waals surface area contributed by atoms with Crippen molar-refractivity contribution in [2.45, 2.75) is 69.9 Å². The Hall–Kier alpha value is -2.57. The third-order valence-electron chi connectivity index (χ3n) is 6.43. The van der Waals surface area contributed by atoms with E-state index in [0.29, 0.717) is 30.2 Å². The minimum atomic E-state index is -0.826. The van der Waals surface area contributed by atoms with E-state index in [-0.39, 0.29) is 18.6 Å². The highest BCUT2D eigenvalue weighted by Gasteiger charge is 2.52. The van der Waals surface area contributed by atoms with Crippen molar-refractivity contribution in [1.29, 1.82) is 0 Å². The van der Waals surface area contributed by atoms with E-state index >= 15 is 0 Å². The first-order chi connectivity index (χ1) is 14.0. The van der Waals surface area contributed by atoms with Crippen molar-refractivity contribution in [2.24, 2.45) is 5.92 Å². The number of rotatable bonds is 5. The summed E-state index contributed by atoms with van der Waals surface area (Å²) in [6.45, 7) is 1.87. The molecule has 7 nitrogen and oxygen atoms in total. The molecule has 4 rings (SSSR count). The molecule has 0 unspecified atom stereocenters. The second-order valence-electron chi connectivity index (χ2n) is 8.65. The summed E-state index contributed by atoms with van der Waals surface area (Å²) in [6.07, 6.45) is 7.60. The normalized spacial score (nSPS) is 27.3. The molecule has 0 atom stereocenters. The van der Waals surface area contributed by atoms with Gasteiger partial charge in [-0.1, -0.05) is 19.1 Å². The first kappa shape index (κ1) is 19.7. The van der Waals surface area contributed by atoms with Crippen LogP contribution in [0.5, 0.6) is 5.75 Å². The number of amides is 4. The minimum Gasteiger partial charge on any atom is -0.488 e. The lowest BCUT2D eigenvalue weighted by Gasteiger charge is -2.33. The quantitative estimate of drug-likeness (QED) is 0.743. The summed E-state index contributed by atoms with van der Waals surface area (Å²) in [5.74, 6) is 0.499. The number of nitrogens with zero attached hydrogens (tertiary/aromatic N) is 1. The van der Waals surface area contributed by atoms with Crippen LogP contribution in [-0.4, -0.2) is 40.9 Å².